The summed E-state index contributed by atoms with van der Waals surface area (Å²) in [5.41, 5.74) is 3.14. The molecule has 0 atom stereocenters. The Kier molecular flexibility index (Phi) is 5.05. The third-order valence-electron chi connectivity index (χ3n) is 4.60. The van der Waals surface area contributed by atoms with Crippen LogP contribution in [0, 0.1) is 5.82 Å². The maximum absolute atomic E-state index is 13.8. The molecule has 0 aliphatic rings. The van der Waals surface area contributed by atoms with Crippen LogP contribution in [0.15, 0.2) is 60.8 Å². The van der Waals surface area contributed by atoms with E-state index in [4.69, 9.17) is 4.74 Å². The number of nitrogens with one attached hydrogen (secondary N) is 1. The molecule has 0 radical (unpaired) electrons. The quantitative estimate of drug-likeness (QED) is 0.544. The molecule has 4 rings (SSSR count). The standard InChI is InChI=1S/C22H20FN5O2/c1-27(2)21(29)14-7-9-17(10-8-14)24-22-25-20-19(15-5-4-6-16(23)13-15)18(30-3)11-12-28(20)26-22/h4-13H,1-3H3,(H,24,26). The Morgan fingerprint density at radius 1 is 1.13 bits per heavy atom. The number of hydrogen-bond acceptors (Lipinski definition) is 5. The molecule has 2 heterocycles. The number of nitrogens with zero attached hydrogens (tertiary/aromatic N) is 4. The van der Waals surface area contributed by atoms with E-state index in [0.29, 0.717) is 34.0 Å². The van der Waals surface area contributed by atoms with Crippen molar-refractivity contribution in [3.8, 4) is 16.9 Å². The second-order valence-corrected chi connectivity index (χ2v) is 6.87. The number of pyridine rings is 1. The van der Waals surface area contributed by atoms with Crippen LogP contribution in [0.1, 0.15) is 10.4 Å². The van der Waals surface area contributed by atoms with Crippen molar-refractivity contribution in [1.29, 1.82) is 0 Å². The Balaban J connectivity index is 1.70. The number of carbonyl (C=O) groups is 1. The average molecular weight is 405 g/mol. The van der Waals surface area contributed by atoms with Crippen LogP contribution in [0.2, 0.25) is 0 Å². The summed E-state index contributed by atoms with van der Waals surface area (Å²) in [5, 5.41) is 7.58. The van der Waals surface area contributed by atoms with E-state index in [-0.39, 0.29) is 11.7 Å². The van der Waals surface area contributed by atoms with Crippen molar-refractivity contribution in [1.82, 2.24) is 19.5 Å². The first kappa shape index (κ1) is 19.4. The lowest BCUT2D eigenvalue weighted by atomic mass is 10.1. The SMILES string of the molecule is COc1ccn2nc(Nc3ccc(C(=O)N(C)C)cc3)nc2c1-c1cccc(F)c1. The van der Waals surface area contributed by atoms with Crippen molar-refractivity contribution < 1.29 is 13.9 Å². The highest BCUT2D eigenvalue weighted by atomic mass is 19.1. The van der Waals surface area contributed by atoms with Crippen LogP contribution < -0.4 is 10.1 Å². The van der Waals surface area contributed by atoms with Gasteiger partial charge in [-0.25, -0.2) is 8.91 Å². The van der Waals surface area contributed by atoms with Gasteiger partial charge in [0.1, 0.15) is 11.6 Å². The predicted molar refractivity (Wildman–Crippen MR) is 113 cm³/mol. The van der Waals surface area contributed by atoms with E-state index in [1.165, 1.54) is 17.0 Å². The second kappa shape index (κ2) is 7.82. The zero-order valence-corrected chi connectivity index (χ0v) is 16.8. The van der Waals surface area contributed by atoms with Gasteiger partial charge >= 0.3 is 0 Å². The number of anilines is 2. The number of amides is 1. The minimum absolute atomic E-state index is 0.0702. The van der Waals surface area contributed by atoms with E-state index in [2.05, 4.69) is 15.4 Å². The summed E-state index contributed by atoms with van der Waals surface area (Å²) in [7, 11) is 4.97. The minimum atomic E-state index is -0.346. The third kappa shape index (κ3) is 3.67. The van der Waals surface area contributed by atoms with Gasteiger partial charge in [-0.05, 0) is 48.0 Å². The van der Waals surface area contributed by atoms with E-state index in [0.717, 1.165) is 5.69 Å². The molecule has 0 saturated heterocycles. The molecule has 30 heavy (non-hydrogen) atoms. The summed E-state index contributed by atoms with van der Waals surface area (Å²) in [6.45, 7) is 0. The van der Waals surface area contributed by atoms with Gasteiger partial charge in [-0.15, -0.1) is 5.10 Å². The van der Waals surface area contributed by atoms with Gasteiger partial charge in [-0.3, -0.25) is 4.79 Å². The average Bonchev–Trinajstić information content (AvgIpc) is 3.15. The number of fused-ring (bicyclic) bond motifs is 1. The Morgan fingerprint density at radius 3 is 2.57 bits per heavy atom. The predicted octanol–water partition coefficient (Wildman–Crippen LogP) is 3.99. The zero-order chi connectivity index (χ0) is 21.3. The van der Waals surface area contributed by atoms with Crippen LogP contribution in [0.25, 0.3) is 16.8 Å². The van der Waals surface area contributed by atoms with Crippen LogP contribution in [-0.4, -0.2) is 46.6 Å². The molecule has 4 aromatic rings. The summed E-state index contributed by atoms with van der Waals surface area (Å²) in [6, 6.07) is 15.1. The molecule has 2 aromatic carbocycles. The zero-order valence-electron chi connectivity index (χ0n) is 16.8. The van der Waals surface area contributed by atoms with Gasteiger partial charge in [0.15, 0.2) is 5.65 Å². The number of methoxy groups -OCH3 is 1. The van der Waals surface area contributed by atoms with E-state index < -0.39 is 0 Å². The van der Waals surface area contributed by atoms with Crippen LogP contribution >= 0.6 is 0 Å². The number of carbonyl (C=O) groups excluding carboxylic acids is 1. The molecular weight excluding hydrogens is 385 g/mol. The Labute approximate surface area is 172 Å². The van der Waals surface area contributed by atoms with Crippen molar-refractivity contribution in [2.75, 3.05) is 26.5 Å². The van der Waals surface area contributed by atoms with Crippen molar-refractivity contribution in [2.24, 2.45) is 0 Å². The number of hydrogen-bond donors (Lipinski definition) is 1. The highest BCUT2D eigenvalue weighted by molar-refractivity contribution is 5.94. The van der Waals surface area contributed by atoms with E-state index in [1.807, 2.05) is 0 Å². The first-order valence-corrected chi connectivity index (χ1v) is 9.24. The van der Waals surface area contributed by atoms with E-state index in [1.54, 1.807) is 74.4 Å². The Hall–Kier alpha value is -3.94. The number of ether oxygens (including phenoxy) is 1. The monoisotopic (exact) mass is 405 g/mol. The third-order valence-corrected chi connectivity index (χ3v) is 4.60. The highest BCUT2D eigenvalue weighted by Gasteiger charge is 2.16. The summed E-state index contributed by atoms with van der Waals surface area (Å²) >= 11 is 0. The lowest BCUT2D eigenvalue weighted by Gasteiger charge is -2.10. The molecule has 0 aliphatic heterocycles. The van der Waals surface area contributed by atoms with E-state index >= 15 is 0 Å². The highest BCUT2D eigenvalue weighted by Crippen LogP contribution is 2.34. The molecule has 0 spiro atoms. The fourth-order valence-corrected chi connectivity index (χ4v) is 3.15. The molecule has 2 aromatic heterocycles. The molecule has 0 bridgehead atoms. The summed E-state index contributed by atoms with van der Waals surface area (Å²) in [6.07, 6.45) is 1.73. The van der Waals surface area contributed by atoms with Gasteiger partial charge < -0.3 is 15.0 Å². The Morgan fingerprint density at radius 2 is 1.90 bits per heavy atom. The van der Waals surface area contributed by atoms with Crippen molar-refractivity contribution in [2.45, 2.75) is 0 Å². The topological polar surface area (TPSA) is 71.8 Å². The van der Waals surface area contributed by atoms with Gasteiger partial charge in [0.05, 0.1) is 12.7 Å². The van der Waals surface area contributed by atoms with Crippen molar-refractivity contribution in [3.63, 3.8) is 0 Å². The molecule has 152 valence electrons. The maximum atomic E-state index is 13.8. The lowest BCUT2D eigenvalue weighted by molar-refractivity contribution is 0.0827. The van der Waals surface area contributed by atoms with Crippen LogP contribution in [-0.2, 0) is 0 Å². The minimum Gasteiger partial charge on any atom is -0.496 e. The fourth-order valence-electron chi connectivity index (χ4n) is 3.15. The molecule has 1 amide bonds. The Bertz CT molecular complexity index is 1220. The first-order valence-electron chi connectivity index (χ1n) is 9.24. The molecule has 7 nitrogen and oxygen atoms in total. The smallest absolute Gasteiger partial charge is 0.253 e. The van der Waals surface area contributed by atoms with Crippen LogP contribution in [0.3, 0.4) is 0 Å². The molecule has 0 fully saturated rings. The molecule has 0 saturated carbocycles. The van der Waals surface area contributed by atoms with Crippen molar-refractivity contribution in [3.05, 3.63) is 72.2 Å². The molecule has 0 aliphatic carbocycles. The molecule has 8 heteroatoms. The van der Waals surface area contributed by atoms with Crippen molar-refractivity contribution >= 4 is 23.2 Å². The summed E-state index contributed by atoms with van der Waals surface area (Å²) in [5.74, 6) is 0.521. The number of aromatic nitrogens is 3. The van der Waals surface area contributed by atoms with Gasteiger partial charge in [-0.1, -0.05) is 12.1 Å². The molecular formula is C22H20FN5O2. The van der Waals surface area contributed by atoms with Gasteiger partial charge in [-0.2, -0.15) is 4.98 Å². The van der Waals surface area contributed by atoms with Gasteiger partial charge in [0.2, 0.25) is 5.95 Å². The molecule has 1 N–H and O–H groups in total. The van der Waals surface area contributed by atoms with Crippen LogP contribution in [0.4, 0.5) is 16.0 Å². The summed E-state index contributed by atoms with van der Waals surface area (Å²) in [4.78, 5) is 18.1. The largest absolute Gasteiger partial charge is 0.496 e. The maximum Gasteiger partial charge on any atom is 0.253 e. The van der Waals surface area contributed by atoms with Gasteiger partial charge in [0, 0.05) is 31.5 Å². The van der Waals surface area contributed by atoms with Crippen LogP contribution in [0.5, 0.6) is 5.75 Å². The number of benzene rings is 2. The second-order valence-electron chi connectivity index (χ2n) is 6.87. The lowest BCUT2D eigenvalue weighted by Crippen LogP contribution is -2.21. The molecule has 0 unspecified atom stereocenters. The van der Waals surface area contributed by atoms with E-state index in [9.17, 15) is 9.18 Å². The number of rotatable bonds is 5. The summed E-state index contributed by atoms with van der Waals surface area (Å²) < 4.78 is 20.9. The fraction of sp³-hybridized carbons (Fsp3) is 0.136. The number of halogens is 1. The van der Waals surface area contributed by atoms with Gasteiger partial charge in [0.25, 0.3) is 5.91 Å². The first-order chi connectivity index (χ1) is 14.5. The normalized spacial score (nSPS) is 10.8.